The number of aromatic nitrogens is 2. The number of hydrogen-bond donors (Lipinski definition) is 1. The standard InChI is InChI=1S/C12H19BrN4/c1-3-14-12-15-7-10(13)11(16-12)17(2)8-9-5-4-6-9/h7,9H,3-6,8H2,1-2H3,(H,14,15,16). The Kier molecular flexibility index (Phi) is 4.20. The average Bonchev–Trinajstić information content (AvgIpc) is 2.26. The number of hydrogen-bond acceptors (Lipinski definition) is 4. The fraction of sp³-hybridized carbons (Fsp3) is 0.667. The monoisotopic (exact) mass is 298 g/mol. The van der Waals surface area contributed by atoms with E-state index in [1.165, 1.54) is 19.3 Å². The summed E-state index contributed by atoms with van der Waals surface area (Å²) in [4.78, 5) is 11.0. The molecule has 1 N–H and O–H groups in total. The van der Waals surface area contributed by atoms with E-state index in [-0.39, 0.29) is 0 Å². The first-order chi connectivity index (χ1) is 8.20. The molecule has 0 amide bonds. The van der Waals surface area contributed by atoms with Crippen LogP contribution in [0.2, 0.25) is 0 Å². The first kappa shape index (κ1) is 12.6. The molecule has 0 atom stereocenters. The van der Waals surface area contributed by atoms with E-state index in [1.54, 1.807) is 0 Å². The van der Waals surface area contributed by atoms with Crippen molar-refractivity contribution in [2.24, 2.45) is 5.92 Å². The lowest BCUT2D eigenvalue weighted by Gasteiger charge is -2.31. The molecule has 0 aliphatic heterocycles. The van der Waals surface area contributed by atoms with Gasteiger partial charge in [0.25, 0.3) is 0 Å². The van der Waals surface area contributed by atoms with Crippen molar-refractivity contribution in [3.05, 3.63) is 10.7 Å². The molecule has 1 heterocycles. The Morgan fingerprint density at radius 3 is 2.88 bits per heavy atom. The quantitative estimate of drug-likeness (QED) is 0.907. The molecule has 4 nitrogen and oxygen atoms in total. The number of nitrogens with one attached hydrogen (secondary N) is 1. The highest BCUT2D eigenvalue weighted by Crippen LogP contribution is 2.30. The minimum absolute atomic E-state index is 0.700. The van der Waals surface area contributed by atoms with Crippen LogP contribution in [0.5, 0.6) is 0 Å². The van der Waals surface area contributed by atoms with Crippen molar-refractivity contribution in [1.82, 2.24) is 9.97 Å². The van der Waals surface area contributed by atoms with Crippen molar-refractivity contribution in [3.8, 4) is 0 Å². The third-order valence-electron chi connectivity index (χ3n) is 3.18. The van der Waals surface area contributed by atoms with Gasteiger partial charge >= 0.3 is 0 Å². The molecule has 1 aliphatic rings. The predicted octanol–water partition coefficient (Wildman–Crippen LogP) is 2.91. The van der Waals surface area contributed by atoms with Crippen molar-refractivity contribution in [1.29, 1.82) is 0 Å². The van der Waals surface area contributed by atoms with Gasteiger partial charge in [-0.05, 0) is 41.6 Å². The SMILES string of the molecule is CCNc1ncc(Br)c(N(C)CC2CCC2)n1. The summed E-state index contributed by atoms with van der Waals surface area (Å²) in [6, 6.07) is 0. The zero-order chi connectivity index (χ0) is 12.3. The largest absolute Gasteiger partial charge is 0.358 e. The summed E-state index contributed by atoms with van der Waals surface area (Å²) in [5, 5.41) is 3.14. The van der Waals surface area contributed by atoms with Crippen molar-refractivity contribution in [2.75, 3.05) is 30.4 Å². The molecule has 5 heteroatoms. The Hall–Kier alpha value is -0.840. The van der Waals surface area contributed by atoms with Crippen molar-refractivity contribution >= 4 is 27.7 Å². The number of halogens is 1. The molecule has 0 radical (unpaired) electrons. The van der Waals surface area contributed by atoms with Crippen LogP contribution in [0.15, 0.2) is 10.7 Å². The van der Waals surface area contributed by atoms with Gasteiger partial charge in [-0.3, -0.25) is 0 Å². The number of anilines is 2. The molecular weight excluding hydrogens is 280 g/mol. The second-order valence-corrected chi connectivity index (χ2v) is 5.43. The van der Waals surface area contributed by atoms with Gasteiger partial charge in [-0.25, -0.2) is 4.98 Å². The van der Waals surface area contributed by atoms with Crippen molar-refractivity contribution < 1.29 is 0 Å². The highest BCUT2D eigenvalue weighted by atomic mass is 79.9. The summed E-state index contributed by atoms with van der Waals surface area (Å²) in [7, 11) is 2.10. The highest BCUT2D eigenvalue weighted by molar-refractivity contribution is 9.10. The Bertz CT molecular complexity index is 379. The molecule has 1 saturated carbocycles. The summed E-state index contributed by atoms with van der Waals surface area (Å²) >= 11 is 3.52. The van der Waals surface area contributed by atoms with Crippen LogP contribution in [0.3, 0.4) is 0 Å². The molecule has 1 fully saturated rings. The van der Waals surface area contributed by atoms with Crippen molar-refractivity contribution in [3.63, 3.8) is 0 Å². The van der Waals surface area contributed by atoms with Gasteiger partial charge in [-0.15, -0.1) is 0 Å². The van der Waals surface area contributed by atoms with Gasteiger partial charge in [0.1, 0.15) is 5.82 Å². The Morgan fingerprint density at radius 1 is 1.53 bits per heavy atom. The average molecular weight is 299 g/mol. The molecule has 1 aromatic rings. The first-order valence-corrected chi connectivity index (χ1v) is 6.97. The van der Waals surface area contributed by atoms with Gasteiger partial charge in [0.05, 0.1) is 4.47 Å². The third-order valence-corrected chi connectivity index (χ3v) is 3.74. The molecule has 0 unspecified atom stereocenters. The van der Waals surface area contributed by atoms with E-state index in [0.29, 0.717) is 5.95 Å². The second-order valence-electron chi connectivity index (χ2n) is 4.57. The zero-order valence-corrected chi connectivity index (χ0v) is 12.0. The lowest BCUT2D eigenvalue weighted by molar-refractivity contribution is 0.321. The van der Waals surface area contributed by atoms with Crippen LogP contribution in [-0.4, -0.2) is 30.1 Å². The minimum atomic E-state index is 0.700. The minimum Gasteiger partial charge on any atom is -0.358 e. The molecule has 94 valence electrons. The van der Waals surface area contributed by atoms with E-state index in [2.05, 4.69) is 43.2 Å². The van der Waals surface area contributed by atoms with E-state index in [4.69, 9.17) is 0 Å². The van der Waals surface area contributed by atoms with Gasteiger partial charge in [-0.1, -0.05) is 6.42 Å². The molecule has 1 aliphatic carbocycles. The van der Waals surface area contributed by atoms with Crippen LogP contribution in [0.4, 0.5) is 11.8 Å². The molecular formula is C12H19BrN4. The summed E-state index contributed by atoms with van der Waals surface area (Å²) in [5.74, 6) is 2.51. The lowest BCUT2D eigenvalue weighted by Crippen LogP contribution is -2.30. The topological polar surface area (TPSA) is 41.1 Å². The molecule has 2 rings (SSSR count). The lowest BCUT2D eigenvalue weighted by atomic mass is 9.85. The van der Waals surface area contributed by atoms with Gasteiger partial charge < -0.3 is 10.2 Å². The Labute approximate surface area is 111 Å². The molecule has 0 bridgehead atoms. The van der Waals surface area contributed by atoms with E-state index in [1.807, 2.05) is 13.1 Å². The zero-order valence-electron chi connectivity index (χ0n) is 10.4. The van der Waals surface area contributed by atoms with Crippen LogP contribution >= 0.6 is 15.9 Å². The van der Waals surface area contributed by atoms with Crippen LogP contribution < -0.4 is 10.2 Å². The number of nitrogens with zero attached hydrogens (tertiary/aromatic N) is 3. The predicted molar refractivity (Wildman–Crippen MR) is 74.5 cm³/mol. The third kappa shape index (κ3) is 3.09. The molecule has 0 spiro atoms. The van der Waals surface area contributed by atoms with Crippen molar-refractivity contribution in [2.45, 2.75) is 26.2 Å². The summed E-state index contributed by atoms with van der Waals surface area (Å²) in [5.41, 5.74) is 0. The van der Waals surface area contributed by atoms with Gasteiger partial charge in [0.15, 0.2) is 0 Å². The van der Waals surface area contributed by atoms with E-state index in [9.17, 15) is 0 Å². The maximum absolute atomic E-state index is 4.53. The summed E-state index contributed by atoms with van der Waals surface area (Å²) in [6.07, 6.45) is 5.91. The maximum Gasteiger partial charge on any atom is 0.224 e. The second kappa shape index (κ2) is 5.67. The van der Waals surface area contributed by atoms with Gasteiger partial charge in [0.2, 0.25) is 5.95 Å². The molecule has 0 aromatic carbocycles. The van der Waals surface area contributed by atoms with Crippen LogP contribution in [-0.2, 0) is 0 Å². The van der Waals surface area contributed by atoms with E-state index >= 15 is 0 Å². The summed E-state index contributed by atoms with van der Waals surface area (Å²) < 4.78 is 0.959. The molecule has 17 heavy (non-hydrogen) atoms. The van der Waals surface area contributed by atoms with Crippen LogP contribution in [0.25, 0.3) is 0 Å². The number of rotatable bonds is 5. The van der Waals surface area contributed by atoms with Crippen LogP contribution in [0, 0.1) is 5.92 Å². The van der Waals surface area contributed by atoms with Gasteiger partial charge in [0, 0.05) is 26.3 Å². The first-order valence-electron chi connectivity index (χ1n) is 6.18. The van der Waals surface area contributed by atoms with Crippen LogP contribution in [0.1, 0.15) is 26.2 Å². The fourth-order valence-corrected chi connectivity index (χ4v) is 2.51. The molecule has 1 aromatic heterocycles. The Balaban J connectivity index is 2.08. The summed E-state index contributed by atoms with van der Waals surface area (Å²) in [6.45, 7) is 3.97. The van der Waals surface area contributed by atoms with E-state index < -0.39 is 0 Å². The fourth-order valence-electron chi connectivity index (χ4n) is 2.02. The Morgan fingerprint density at radius 2 is 2.29 bits per heavy atom. The normalized spacial score (nSPS) is 15.5. The smallest absolute Gasteiger partial charge is 0.224 e. The van der Waals surface area contributed by atoms with Gasteiger partial charge in [-0.2, -0.15) is 4.98 Å². The highest BCUT2D eigenvalue weighted by Gasteiger charge is 2.20. The molecule has 0 saturated heterocycles. The van der Waals surface area contributed by atoms with E-state index in [0.717, 1.165) is 29.3 Å². The maximum atomic E-state index is 4.53.